The standard InChI is InChI=1S/C19H37NO2/c1-2-3-4-5-6-8-11-17(16-20)19(15-12-18(21)22)13-9-7-10-14-19/h17H,2-16,20H2,1H3,(H,21,22). The first kappa shape index (κ1) is 19.5. The van der Waals surface area contributed by atoms with Crippen molar-refractivity contribution in [1.82, 2.24) is 0 Å². The first-order valence-electron chi connectivity index (χ1n) is 9.56. The molecule has 0 spiro atoms. The fourth-order valence-electron chi connectivity index (χ4n) is 4.32. The highest BCUT2D eigenvalue weighted by Crippen LogP contribution is 2.47. The van der Waals surface area contributed by atoms with Crippen LogP contribution in [-0.4, -0.2) is 17.6 Å². The van der Waals surface area contributed by atoms with E-state index in [-0.39, 0.29) is 5.41 Å². The van der Waals surface area contributed by atoms with Gasteiger partial charge in [0.05, 0.1) is 0 Å². The summed E-state index contributed by atoms with van der Waals surface area (Å²) in [5, 5.41) is 9.08. The SMILES string of the molecule is CCCCCCCCC(CN)C1(CCC(=O)O)CCCCC1. The Labute approximate surface area is 137 Å². The lowest BCUT2D eigenvalue weighted by atomic mass is 9.62. The van der Waals surface area contributed by atoms with Crippen molar-refractivity contribution < 1.29 is 9.90 Å². The summed E-state index contributed by atoms with van der Waals surface area (Å²) in [5.74, 6) is -0.126. The van der Waals surface area contributed by atoms with Crippen LogP contribution in [-0.2, 0) is 4.79 Å². The van der Waals surface area contributed by atoms with Gasteiger partial charge in [-0.15, -0.1) is 0 Å². The van der Waals surface area contributed by atoms with Gasteiger partial charge in [-0.2, -0.15) is 0 Å². The van der Waals surface area contributed by atoms with Gasteiger partial charge in [0, 0.05) is 6.42 Å². The number of carboxylic acids is 1. The van der Waals surface area contributed by atoms with Gasteiger partial charge >= 0.3 is 5.97 Å². The molecule has 1 fully saturated rings. The van der Waals surface area contributed by atoms with Crippen molar-refractivity contribution in [1.29, 1.82) is 0 Å². The summed E-state index contributed by atoms with van der Waals surface area (Å²) in [4.78, 5) is 11.0. The summed E-state index contributed by atoms with van der Waals surface area (Å²) in [6.45, 7) is 2.98. The molecule has 1 aliphatic rings. The van der Waals surface area contributed by atoms with E-state index in [0.717, 1.165) is 13.0 Å². The van der Waals surface area contributed by atoms with E-state index in [0.29, 0.717) is 12.3 Å². The Morgan fingerprint density at radius 3 is 2.32 bits per heavy atom. The predicted octanol–water partition coefficient (Wildman–Crippen LogP) is 5.13. The number of hydrogen-bond donors (Lipinski definition) is 2. The summed E-state index contributed by atoms with van der Waals surface area (Å²) in [6.07, 6.45) is 16.5. The van der Waals surface area contributed by atoms with Crippen LogP contribution in [0.4, 0.5) is 0 Å². The number of aliphatic carboxylic acids is 1. The Balaban J connectivity index is 2.47. The van der Waals surface area contributed by atoms with Crippen molar-refractivity contribution >= 4 is 5.97 Å². The largest absolute Gasteiger partial charge is 0.481 e. The highest BCUT2D eigenvalue weighted by atomic mass is 16.4. The second-order valence-electron chi connectivity index (χ2n) is 7.31. The van der Waals surface area contributed by atoms with Crippen LogP contribution in [0.5, 0.6) is 0 Å². The second-order valence-corrected chi connectivity index (χ2v) is 7.31. The van der Waals surface area contributed by atoms with Crippen LogP contribution in [0.15, 0.2) is 0 Å². The molecule has 130 valence electrons. The Kier molecular flexibility index (Phi) is 9.77. The first-order valence-corrected chi connectivity index (χ1v) is 9.56. The Bertz CT molecular complexity index is 298. The van der Waals surface area contributed by atoms with E-state index >= 15 is 0 Å². The average Bonchev–Trinajstić information content (AvgIpc) is 2.53. The minimum atomic E-state index is -0.653. The highest BCUT2D eigenvalue weighted by Gasteiger charge is 2.38. The molecule has 0 amide bonds. The molecule has 0 aliphatic heterocycles. The van der Waals surface area contributed by atoms with Crippen molar-refractivity contribution in [3.05, 3.63) is 0 Å². The maximum Gasteiger partial charge on any atom is 0.303 e. The maximum atomic E-state index is 11.0. The first-order chi connectivity index (χ1) is 10.6. The number of unbranched alkanes of at least 4 members (excludes halogenated alkanes) is 5. The monoisotopic (exact) mass is 311 g/mol. The van der Waals surface area contributed by atoms with Gasteiger partial charge < -0.3 is 10.8 Å². The van der Waals surface area contributed by atoms with Crippen LogP contribution in [0.3, 0.4) is 0 Å². The van der Waals surface area contributed by atoms with Crippen LogP contribution in [0.25, 0.3) is 0 Å². The quantitative estimate of drug-likeness (QED) is 0.491. The zero-order chi connectivity index (χ0) is 16.3. The Hall–Kier alpha value is -0.570. The molecule has 1 saturated carbocycles. The maximum absolute atomic E-state index is 11.0. The third kappa shape index (κ3) is 6.68. The molecule has 0 aromatic heterocycles. The van der Waals surface area contributed by atoms with E-state index < -0.39 is 5.97 Å². The van der Waals surface area contributed by atoms with Crippen LogP contribution < -0.4 is 5.73 Å². The zero-order valence-electron chi connectivity index (χ0n) is 14.6. The van der Waals surface area contributed by atoms with Crippen molar-refractivity contribution in [3.63, 3.8) is 0 Å². The molecule has 3 heteroatoms. The lowest BCUT2D eigenvalue weighted by Gasteiger charge is -2.44. The summed E-state index contributed by atoms with van der Waals surface area (Å²) >= 11 is 0. The molecular formula is C19H37NO2. The van der Waals surface area contributed by atoms with Crippen molar-refractivity contribution in [2.75, 3.05) is 6.54 Å². The number of hydrogen-bond acceptors (Lipinski definition) is 2. The van der Waals surface area contributed by atoms with Gasteiger partial charge in [-0.05, 0) is 43.6 Å². The molecule has 0 bridgehead atoms. The van der Waals surface area contributed by atoms with E-state index in [4.69, 9.17) is 10.8 Å². The van der Waals surface area contributed by atoms with Gasteiger partial charge in [0.25, 0.3) is 0 Å². The van der Waals surface area contributed by atoms with Gasteiger partial charge in [-0.25, -0.2) is 0 Å². The third-order valence-electron chi connectivity index (χ3n) is 5.74. The molecule has 0 aromatic rings. The average molecular weight is 312 g/mol. The lowest BCUT2D eigenvalue weighted by Crippen LogP contribution is -2.38. The predicted molar refractivity (Wildman–Crippen MR) is 92.9 cm³/mol. The van der Waals surface area contributed by atoms with Crippen LogP contribution in [0, 0.1) is 11.3 Å². The topological polar surface area (TPSA) is 63.3 Å². The molecule has 22 heavy (non-hydrogen) atoms. The normalized spacial score (nSPS) is 19.0. The number of carboxylic acid groups (broad SMARTS) is 1. The summed E-state index contributed by atoms with van der Waals surface area (Å²) in [6, 6.07) is 0. The van der Waals surface area contributed by atoms with Crippen molar-refractivity contribution in [2.45, 2.75) is 96.8 Å². The Morgan fingerprint density at radius 1 is 1.09 bits per heavy atom. The molecule has 0 saturated heterocycles. The zero-order valence-corrected chi connectivity index (χ0v) is 14.6. The van der Waals surface area contributed by atoms with E-state index in [1.165, 1.54) is 77.0 Å². The van der Waals surface area contributed by atoms with Gasteiger partial charge in [-0.3, -0.25) is 4.79 Å². The fourth-order valence-corrected chi connectivity index (χ4v) is 4.32. The number of nitrogens with two attached hydrogens (primary N) is 1. The molecule has 1 unspecified atom stereocenters. The van der Waals surface area contributed by atoms with Crippen molar-refractivity contribution in [3.8, 4) is 0 Å². The highest BCUT2D eigenvalue weighted by molar-refractivity contribution is 5.66. The second kappa shape index (κ2) is 11.0. The van der Waals surface area contributed by atoms with E-state index in [2.05, 4.69) is 6.92 Å². The molecule has 3 nitrogen and oxygen atoms in total. The van der Waals surface area contributed by atoms with Crippen LogP contribution in [0.2, 0.25) is 0 Å². The number of rotatable bonds is 12. The summed E-state index contributed by atoms with van der Waals surface area (Å²) in [5.41, 5.74) is 6.33. The summed E-state index contributed by atoms with van der Waals surface area (Å²) < 4.78 is 0. The van der Waals surface area contributed by atoms with E-state index in [9.17, 15) is 4.79 Å². The fraction of sp³-hybridized carbons (Fsp3) is 0.947. The molecule has 0 heterocycles. The molecule has 1 atom stereocenters. The molecule has 1 aliphatic carbocycles. The third-order valence-corrected chi connectivity index (χ3v) is 5.74. The molecule has 3 N–H and O–H groups in total. The Morgan fingerprint density at radius 2 is 1.73 bits per heavy atom. The molecule has 0 radical (unpaired) electrons. The minimum absolute atomic E-state index is 0.217. The van der Waals surface area contributed by atoms with Crippen molar-refractivity contribution in [2.24, 2.45) is 17.1 Å². The van der Waals surface area contributed by atoms with Gasteiger partial charge in [-0.1, -0.05) is 64.7 Å². The van der Waals surface area contributed by atoms with Gasteiger partial charge in [0.1, 0.15) is 0 Å². The lowest BCUT2D eigenvalue weighted by molar-refractivity contribution is -0.138. The van der Waals surface area contributed by atoms with Gasteiger partial charge in [0.15, 0.2) is 0 Å². The van der Waals surface area contributed by atoms with E-state index in [1.54, 1.807) is 0 Å². The molecule has 1 rings (SSSR count). The minimum Gasteiger partial charge on any atom is -0.481 e. The summed E-state index contributed by atoms with van der Waals surface area (Å²) in [7, 11) is 0. The van der Waals surface area contributed by atoms with Gasteiger partial charge in [0.2, 0.25) is 0 Å². The van der Waals surface area contributed by atoms with Crippen LogP contribution in [0.1, 0.15) is 96.8 Å². The number of carbonyl (C=O) groups is 1. The molecular weight excluding hydrogens is 274 g/mol. The smallest absolute Gasteiger partial charge is 0.303 e. The van der Waals surface area contributed by atoms with E-state index in [1.807, 2.05) is 0 Å². The van der Waals surface area contributed by atoms with Crippen LogP contribution >= 0.6 is 0 Å². The molecule has 0 aromatic carbocycles.